The number of benzene rings is 2. The van der Waals surface area contributed by atoms with Crippen molar-refractivity contribution in [1.29, 1.82) is 0 Å². The lowest BCUT2D eigenvalue weighted by Crippen LogP contribution is -2.77. The number of carbonyl (C=O) groups is 21. The van der Waals surface area contributed by atoms with Gasteiger partial charge in [-0.3, -0.25) is 101 Å². The minimum Gasteiger partial charge on any atom is -0.508 e. The fraction of sp³-hybridized carbons (Fsp3) is 0.586. The van der Waals surface area contributed by atoms with Crippen LogP contribution in [0.15, 0.2) is 67.1 Å². The highest BCUT2D eigenvalue weighted by Gasteiger charge is 2.59. The van der Waals surface area contributed by atoms with Gasteiger partial charge < -0.3 is 178 Å². The summed E-state index contributed by atoms with van der Waals surface area (Å²) in [6.07, 6.45) is -21.0. The smallest absolute Gasteiger partial charge is 0.305 e. The number of phenolic OH excluding ortho intramolecular Hbond substituents is 1. The predicted octanol–water partition coefficient (Wildman–Crippen LogP) is -13.8. The molecule has 0 aliphatic carbocycles. The molecule has 0 unspecified atom stereocenters. The van der Waals surface area contributed by atoms with E-state index in [-0.39, 0.29) is 36.3 Å². The van der Waals surface area contributed by atoms with E-state index in [1.54, 1.807) is 51.1 Å². The number of carbonyl (C=O) groups excluding carboxylic acids is 20. The molecule has 2 aliphatic rings. The van der Waals surface area contributed by atoms with Gasteiger partial charge in [-0.2, -0.15) is 0 Å². The number of hydrogen-bond acceptors (Lipinski definition) is 34. The highest BCUT2D eigenvalue weighted by atomic mass is 16.7. The van der Waals surface area contributed by atoms with Crippen molar-refractivity contribution in [3.05, 3.63) is 83.9 Å². The van der Waals surface area contributed by atoms with Crippen molar-refractivity contribution in [3.8, 4) is 5.75 Å². The molecule has 20 amide bonds. The Kier molecular flexibility index (Phi) is 47.7. The predicted molar refractivity (Wildman–Crippen MR) is 489 cm³/mol. The molecule has 56 nitrogen and oxygen atoms in total. The van der Waals surface area contributed by atoms with E-state index in [9.17, 15) is 123 Å². The molecule has 792 valence electrons. The average molecular weight is 2030 g/mol. The molecule has 3 aromatic rings. The summed E-state index contributed by atoms with van der Waals surface area (Å²) in [5.41, 5.74) is 13.5. The number of H-pyrrole nitrogens is 1. The minimum absolute atomic E-state index is 0.00437. The van der Waals surface area contributed by atoms with Crippen LogP contribution in [-0.4, -0.2) is 358 Å². The normalized spacial score (nSPS) is 21.2. The summed E-state index contributed by atoms with van der Waals surface area (Å²) in [5.74, 6) is -28.6. The fourth-order valence-corrected chi connectivity index (χ4v) is 14.6. The topological polar surface area (TPSA) is 900 Å². The highest BCUT2D eigenvalue weighted by molar-refractivity contribution is 6.02. The number of nitrogens with two attached hydrogens (primary N) is 3. The Morgan fingerprint density at radius 3 is 1.45 bits per heavy atom. The number of aliphatic carboxylic acids is 1. The molecule has 2 aliphatic heterocycles. The quantitative estimate of drug-likeness (QED) is 0.0233. The van der Waals surface area contributed by atoms with Crippen LogP contribution in [0.3, 0.4) is 0 Å². The van der Waals surface area contributed by atoms with Crippen molar-refractivity contribution in [1.82, 2.24) is 100 Å². The number of imidazole rings is 1. The van der Waals surface area contributed by atoms with Crippen LogP contribution < -0.4 is 108 Å². The van der Waals surface area contributed by atoms with Gasteiger partial charge in [0, 0.05) is 52.7 Å². The third-order valence-corrected chi connectivity index (χ3v) is 22.9. The fourth-order valence-electron chi connectivity index (χ4n) is 14.6. The number of aliphatic hydroxyl groups is 8. The van der Waals surface area contributed by atoms with Gasteiger partial charge >= 0.3 is 5.97 Å². The molecule has 5 rings (SSSR count). The first-order valence-electron chi connectivity index (χ1n) is 45.3. The summed E-state index contributed by atoms with van der Waals surface area (Å²) in [7, 11) is 0. The number of rotatable bonds is 57. The SMILES string of the molecule is CC[C@H](C)[C@H](NC(=O)CNC(=O)[C@H](CO)NC(C)=O)C(=O)N[C@@H](C)C(=O)N[C@@H](CCC(N)=O)C(=O)N[C@@H](Cc1ccccc1)C(=O)N[C@@H](Cc1c[nH]cn1)C(=O)N[C@H](C(=O)N[C@@H](CC(=O)O)C(=O)N[C@@H](Cc1ccc(O)cc1)C(=O)N[C@@H](CC(=O)N[C@@H]1O[C@H](CO)[C@@H](O[C@@H]2O[C@H](CO)[C@@H](O)[C@H](O)[C@H]2NC(C)=O)[C@H](O)[C@]1(O)NC(C)=O)C(=O)N[C@@H](CC(N)=O)C(=O)N[C@H](C(=O)N[C@@H](CO)C(N)=O)C(C)C)[C@@H](C)CC. The molecular formula is C87H130N22O34. The molecule has 2 aromatic carbocycles. The Labute approximate surface area is 817 Å². The average Bonchev–Trinajstić information content (AvgIpc) is 0.957. The van der Waals surface area contributed by atoms with Gasteiger partial charge in [0.25, 0.3) is 0 Å². The molecule has 0 bridgehead atoms. The zero-order chi connectivity index (χ0) is 107. The van der Waals surface area contributed by atoms with Gasteiger partial charge in [-0.15, -0.1) is 0 Å². The second-order valence-electron chi connectivity index (χ2n) is 34.6. The molecule has 0 spiro atoms. The van der Waals surface area contributed by atoms with E-state index in [1.807, 2.05) is 5.32 Å². The maximum absolute atomic E-state index is 15.4. The molecule has 25 atom stereocenters. The number of hydrogen-bond donors (Lipinski definition) is 31. The Hall–Kier alpha value is -14.1. The summed E-state index contributed by atoms with van der Waals surface area (Å²) in [4.78, 5) is 296. The van der Waals surface area contributed by atoms with Crippen LogP contribution in [0.1, 0.15) is 131 Å². The van der Waals surface area contributed by atoms with Crippen LogP contribution in [0, 0.1) is 17.8 Å². The summed E-state index contributed by atoms with van der Waals surface area (Å²) in [5, 5.41) is 146. The lowest BCUT2D eigenvalue weighted by atomic mass is 9.91. The van der Waals surface area contributed by atoms with Crippen LogP contribution in [0.4, 0.5) is 0 Å². The summed E-state index contributed by atoms with van der Waals surface area (Å²) in [6.45, 7) is 8.16. The van der Waals surface area contributed by atoms with E-state index in [0.29, 0.717) is 5.56 Å². The van der Waals surface area contributed by atoms with Gasteiger partial charge in [0.1, 0.15) is 127 Å². The summed E-state index contributed by atoms with van der Waals surface area (Å²) in [6, 6.07) is -13.4. The molecular weight excluding hydrogens is 1900 g/mol. The number of primary amides is 3. The van der Waals surface area contributed by atoms with E-state index in [1.165, 1.54) is 52.4 Å². The van der Waals surface area contributed by atoms with Gasteiger partial charge in [-0.25, -0.2) is 4.98 Å². The van der Waals surface area contributed by atoms with Crippen molar-refractivity contribution in [2.24, 2.45) is 35.0 Å². The van der Waals surface area contributed by atoms with Gasteiger partial charge in [-0.05, 0) is 54.4 Å². The minimum atomic E-state index is -3.38. The molecule has 56 heteroatoms. The third kappa shape index (κ3) is 37.0. The summed E-state index contributed by atoms with van der Waals surface area (Å²) >= 11 is 0. The number of aromatic nitrogens is 2. The number of carboxylic acids is 1. The van der Waals surface area contributed by atoms with E-state index in [0.717, 1.165) is 32.9 Å². The molecule has 2 fully saturated rings. The maximum Gasteiger partial charge on any atom is 0.305 e. The molecule has 34 N–H and O–H groups in total. The zero-order valence-corrected chi connectivity index (χ0v) is 79.8. The van der Waals surface area contributed by atoms with Gasteiger partial charge in [0.05, 0.1) is 64.3 Å². The van der Waals surface area contributed by atoms with E-state index in [2.05, 4.69) is 95.0 Å². The molecule has 2 saturated heterocycles. The maximum atomic E-state index is 15.4. The van der Waals surface area contributed by atoms with Crippen LogP contribution >= 0.6 is 0 Å². The first kappa shape index (κ1) is 119. The Balaban J connectivity index is 1.54. The number of ether oxygens (including phenoxy) is 3. The largest absolute Gasteiger partial charge is 0.508 e. The summed E-state index contributed by atoms with van der Waals surface area (Å²) < 4.78 is 17.3. The number of aliphatic hydroxyl groups excluding tert-OH is 7. The highest BCUT2D eigenvalue weighted by Crippen LogP contribution is 2.33. The van der Waals surface area contributed by atoms with Crippen LogP contribution in [0.25, 0.3) is 0 Å². The second kappa shape index (κ2) is 57.1. The Bertz CT molecular complexity index is 4930. The number of phenols is 1. The van der Waals surface area contributed by atoms with Crippen LogP contribution in [0.2, 0.25) is 0 Å². The number of aromatic hydroxyl groups is 1. The molecule has 0 saturated carbocycles. The lowest BCUT2D eigenvalue weighted by Gasteiger charge is -2.51. The Morgan fingerprint density at radius 2 is 0.951 bits per heavy atom. The van der Waals surface area contributed by atoms with Gasteiger partial charge in [0.15, 0.2) is 12.5 Å². The monoisotopic (exact) mass is 2030 g/mol. The van der Waals surface area contributed by atoms with E-state index < -0.39 is 359 Å². The van der Waals surface area contributed by atoms with Crippen molar-refractivity contribution < 1.29 is 166 Å². The standard InChI is InChI=1S/C87H130N22O34/c1-11-38(5)65(105-62(121)31-92-74(129)56(33-111)95-41(8)114)83(138)94-40(7)73(128)97-48(22-23-59(88)118)75(130)98-49(24-44-16-14-13-15-17-44)76(131)100-51(26-46-30-91-36-93-46)80(135)108-66(39(6)12-2)84(139)103-54(29-63(122)123)79(134)99-50(25-45-18-20-47(117)21-19-45)77(132)102-53(78(133)101-52(27-60(89)119)81(136)107-64(37(3)4)82(137)104-55(32-110)72(90)127)28-61(120)106-86-87(140,109-43(10)116)71(126)70(58(35-113)142-86)143-85-67(96-42(9)115)69(125)68(124)57(34-112)141-85/h13-21,30,36-40,48-58,64-71,85-86,110-113,117,124-126,140H,11-12,22-29,31-35H2,1-10H3,(H2,88,118)(H2,89,119)(H2,90,127)(H,91,93)(H,92,129)(H,94,138)(H,95,114)(H,96,115)(H,97,128)(H,98,130)(H,99,134)(H,100,131)(H,101,133)(H,102,132)(H,103,139)(H,104,137)(H,105,121)(H,106,120)(H,107,136)(H,108,135)(H,109,116)(H,122,123)/t38-,39-,40-,48-,49-,50-,51-,52-,53-,54-,55-,56-,57+,58+,64-,65-,66-,67+,68+,69+,70+,71-,85-,86+,87+/m0/s1. The van der Waals surface area contributed by atoms with E-state index >= 15 is 28.8 Å². The van der Waals surface area contributed by atoms with Crippen LogP contribution in [0.5, 0.6) is 5.75 Å². The van der Waals surface area contributed by atoms with Crippen molar-refractivity contribution in [2.45, 2.75) is 273 Å². The second-order valence-corrected chi connectivity index (χ2v) is 34.6. The van der Waals surface area contributed by atoms with Crippen molar-refractivity contribution in [2.75, 3.05) is 33.0 Å². The molecule has 0 radical (unpaired) electrons. The number of amides is 20. The van der Waals surface area contributed by atoms with Gasteiger partial charge in [-0.1, -0.05) is 96.8 Å². The number of nitrogens with one attached hydrogen (secondary N) is 18. The third-order valence-electron chi connectivity index (χ3n) is 22.9. The lowest BCUT2D eigenvalue weighted by molar-refractivity contribution is -0.343. The number of nitrogens with zero attached hydrogens (tertiary/aromatic N) is 1. The zero-order valence-electron chi connectivity index (χ0n) is 79.8. The number of aromatic amines is 1. The molecule has 1 aromatic heterocycles. The van der Waals surface area contributed by atoms with E-state index in [4.69, 9.17) is 31.4 Å². The number of carboxylic acid groups (broad SMARTS) is 1. The first-order valence-corrected chi connectivity index (χ1v) is 45.3. The Morgan fingerprint density at radius 1 is 0.476 bits per heavy atom. The van der Waals surface area contributed by atoms with Crippen molar-refractivity contribution >= 4 is 124 Å². The van der Waals surface area contributed by atoms with Crippen LogP contribution in [-0.2, 0) is 134 Å². The first-order chi connectivity index (χ1) is 67.2. The molecule has 143 heavy (non-hydrogen) atoms. The van der Waals surface area contributed by atoms with Crippen molar-refractivity contribution in [3.63, 3.8) is 0 Å². The molecule has 3 heterocycles. The van der Waals surface area contributed by atoms with Gasteiger partial charge in [0.2, 0.25) is 124 Å².